The Kier molecular flexibility index (Phi) is 7.13. The number of aryl methyl sites for hydroxylation is 2. The van der Waals surface area contributed by atoms with Gasteiger partial charge in [-0.1, -0.05) is 6.07 Å². The molecular weight excluding hydrogens is 494 g/mol. The lowest BCUT2D eigenvalue weighted by atomic mass is 10.2. The SMILES string of the molecule is CSCCCn1ncc2cc(Nc3nc(Nc4cccc(S(=O)(=O)NC5CC5)c4)ncc3C)ccc21. The zero-order valence-corrected chi connectivity index (χ0v) is 21.9. The smallest absolute Gasteiger partial charge is 0.240 e. The van der Waals surface area contributed by atoms with Gasteiger partial charge in [0.25, 0.3) is 0 Å². The van der Waals surface area contributed by atoms with Crippen LogP contribution >= 0.6 is 11.8 Å². The van der Waals surface area contributed by atoms with Crippen molar-refractivity contribution in [3.63, 3.8) is 0 Å². The molecule has 1 saturated carbocycles. The van der Waals surface area contributed by atoms with Crippen molar-refractivity contribution in [3.05, 3.63) is 60.4 Å². The fourth-order valence-corrected chi connectivity index (χ4v) is 5.59. The maximum Gasteiger partial charge on any atom is 0.240 e. The first-order valence-corrected chi connectivity index (χ1v) is 14.7. The molecule has 9 nitrogen and oxygen atoms in total. The topological polar surface area (TPSA) is 114 Å². The molecule has 1 aliphatic carbocycles. The first-order chi connectivity index (χ1) is 17.4. The average molecular weight is 524 g/mol. The van der Waals surface area contributed by atoms with Crippen LogP contribution in [0.5, 0.6) is 0 Å². The number of thioether (sulfide) groups is 1. The molecule has 0 aliphatic heterocycles. The van der Waals surface area contributed by atoms with Gasteiger partial charge in [-0.15, -0.1) is 0 Å². The Morgan fingerprint density at radius 2 is 1.92 bits per heavy atom. The first kappa shape index (κ1) is 24.5. The summed E-state index contributed by atoms with van der Waals surface area (Å²) in [6, 6.07) is 12.9. The molecule has 0 saturated heterocycles. The van der Waals surface area contributed by atoms with Crippen LogP contribution in [-0.4, -0.2) is 46.2 Å². The van der Waals surface area contributed by atoms with Crippen LogP contribution in [0.15, 0.2) is 59.8 Å². The molecular formula is C25H29N7O2S2. The third-order valence-corrected chi connectivity index (χ3v) is 8.11. The van der Waals surface area contributed by atoms with Gasteiger partial charge in [-0.2, -0.15) is 21.8 Å². The van der Waals surface area contributed by atoms with E-state index in [4.69, 9.17) is 0 Å². The minimum absolute atomic E-state index is 0.0504. The molecule has 2 aromatic heterocycles. The number of hydrogen-bond donors (Lipinski definition) is 3. The number of benzene rings is 2. The lowest BCUT2D eigenvalue weighted by Crippen LogP contribution is -2.25. The van der Waals surface area contributed by atoms with Gasteiger partial charge in [0.05, 0.1) is 16.6 Å². The summed E-state index contributed by atoms with van der Waals surface area (Å²) in [5, 5.41) is 12.1. The molecule has 5 rings (SSSR count). The Labute approximate surface area is 215 Å². The zero-order valence-electron chi connectivity index (χ0n) is 20.2. The normalized spacial score (nSPS) is 13.7. The van der Waals surface area contributed by atoms with Crippen LogP contribution in [0, 0.1) is 6.92 Å². The number of rotatable bonds is 11. The van der Waals surface area contributed by atoms with E-state index in [1.165, 1.54) is 0 Å². The number of hydrogen-bond acceptors (Lipinski definition) is 8. The highest BCUT2D eigenvalue weighted by molar-refractivity contribution is 7.98. The summed E-state index contributed by atoms with van der Waals surface area (Å²) in [7, 11) is -3.54. The molecule has 3 N–H and O–H groups in total. The van der Waals surface area contributed by atoms with E-state index in [9.17, 15) is 8.42 Å². The van der Waals surface area contributed by atoms with Crippen LogP contribution in [0.2, 0.25) is 0 Å². The Morgan fingerprint density at radius 3 is 2.72 bits per heavy atom. The highest BCUT2D eigenvalue weighted by Crippen LogP contribution is 2.26. The lowest BCUT2D eigenvalue weighted by Gasteiger charge is -2.12. The fourth-order valence-electron chi connectivity index (χ4n) is 3.83. The summed E-state index contributed by atoms with van der Waals surface area (Å²) in [5.74, 6) is 2.15. The van der Waals surface area contributed by atoms with Crippen molar-refractivity contribution in [1.82, 2.24) is 24.5 Å². The van der Waals surface area contributed by atoms with Crippen molar-refractivity contribution < 1.29 is 8.42 Å². The van der Waals surface area contributed by atoms with Gasteiger partial charge in [-0.3, -0.25) is 4.68 Å². The average Bonchev–Trinajstić information content (AvgIpc) is 3.58. The maximum atomic E-state index is 12.6. The number of nitrogens with one attached hydrogen (secondary N) is 3. The summed E-state index contributed by atoms with van der Waals surface area (Å²) in [4.78, 5) is 9.21. The summed E-state index contributed by atoms with van der Waals surface area (Å²) in [5.41, 5.74) is 3.49. The van der Waals surface area contributed by atoms with E-state index in [2.05, 4.69) is 48.8 Å². The number of anilines is 4. The molecule has 36 heavy (non-hydrogen) atoms. The molecule has 0 unspecified atom stereocenters. The zero-order chi connectivity index (χ0) is 25.1. The molecule has 1 fully saturated rings. The molecule has 0 amide bonds. The number of nitrogens with zero attached hydrogens (tertiary/aromatic N) is 4. The molecule has 0 atom stereocenters. The molecule has 2 heterocycles. The fraction of sp³-hybridized carbons (Fsp3) is 0.320. The summed E-state index contributed by atoms with van der Waals surface area (Å²) in [6.07, 6.45) is 8.59. The summed E-state index contributed by atoms with van der Waals surface area (Å²) in [6.45, 7) is 2.83. The predicted octanol–water partition coefficient (Wildman–Crippen LogP) is 4.82. The first-order valence-electron chi connectivity index (χ1n) is 11.9. The third-order valence-electron chi connectivity index (χ3n) is 5.89. The van der Waals surface area contributed by atoms with Gasteiger partial charge < -0.3 is 10.6 Å². The van der Waals surface area contributed by atoms with E-state index >= 15 is 0 Å². The van der Waals surface area contributed by atoms with Gasteiger partial charge in [0.2, 0.25) is 16.0 Å². The molecule has 1 aliphatic rings. The highest BCUT2D eigenvalue weighted by atomic mass is 32.2. The van der Waals surface area contributed by atoms with Gasteiger partial charge in [0.1, 0.15) is 5.82 Å². The van der Waals surface area contributed by atoms with E-state index in [1.54, 1.807) is 30.5 Å². The van der Waals surface area contributed by atoms with E-state index < -0.39 is 10.0 Å². The minimum atomic E-state index is -3.54. The Bertz CT molecular complexity index is 1480. The van der Waals surface area contributed by atoms with Gasteiger partial charge in [0, 0.05) is 41.1 Å². The second kappa shape index (κ2) is 10.5. The van der Waals surface area contributed by atoms with Crippen molar-refractivity contribution in [1.29, 1.82) is 0 Å². The molecule has 0 radical (unpaired) electrons. The van der Waals surface area contributed by atoms with Gasteiger partial charge >= 0.3 is 0 Å². The summed E-state index contributed by atoms with van der Waals surface area (Å²) < 4.78 is 29.9. The van der Waals surface area contributed by atoms with Crippen molar-refractivity contribution in [2.75, 3.05) is 22.6 Å². The molecule has 2 aromatic carbocycles. The second-order valence-corrected chi connectivity index (χ2v) is 11.6. The van der Waals surface area contributed by atoms with Gasteiger partial charge in [0.15, 0.2) is 0 Å². The predicted molar refractivity (Wildman–Crippen MR) is 146 cm³/mol. The molecule has 4 aromatic rings. The van der Waals surface area contributed by atoms with E-state index in [0.717, 1.165) is 53.7 Å². The Hall–Kier alpha value is -3.15. The number of sulfonamides is 1. The molecule has 188 valence electrons. The standard InChI is InChI=1S/C25H29N7O2S2/c1-17-15-26-25(29-20-5-3-6-22(14-20)36(33,34)31-19-7-8-19)30-24(17)28-21-9-10-23-18(13-21)16-27-32(23)11-4-12-35-2/h3,5-6,9-10,13-16,19,31H,4,7-8,11-12H2,1-2H3,(H2,26,28,29,30). The van der Waals surface area contributed by atoms with Crippen molar-refractivity contribution in [3.8, 4) is 0 Å². The monoisotopic (exact) mass is 523 g/mol. The molecule has 0 spiro atoms. The van der Waals surface area contributed by atoms with Crippen LogP contribution in [0.3, 0.4) is 0 Å². The third kappa shape index (κ3) is 5.80. The van der Waals surface area contributed by atoms with Crippen molar-refractivity contribution in [2.45, 2.75) is 43.7 Å². The van der Waals surface area contributed by atoms with E-state index in [-0.39, 0.29) is 10.9 Å². The molecule has 0 bridgehead atoms. The maximum absolute atomic E-state index is 12.6. The van der Waals surface area contributed by atoms with Crippen molar-refractivity contribution in [2.24, 2.45) is 0 Å². The minimum Gasteiger partial charge on any atom is -0.340 e. The van der Waals surface area contributed by atoms with E-state index in [0.29, 0.717) is 17.5 Å². The molecule has 11 heteroatoms. The van der Waals surface area contributed by atoms with Crippen LogP contribution in [0.25, 0.3) is 10.9 Å². The highest BCUT2D eigenvalue weighted by Gasteiger charge is 2.28. The summed E-state index contributed by atoms with van der Waals surface area (Å²) >= 11 is 1.84. The van der Waals surface area contributed by atoms with Crippen LogP contribution < -0.4 is 15.4 Å². The van der Waals surface area contributed by atoms with Gasteiger partial charge in [-0.05, 0) is 74.6 Å². The van der Waals surface area contributed by atoms with Crippen LogP contribution in [0.4, 0.5) is 23.1 Å². The second-order valence-electron chi connectivity index (χ2n) is 8.89. The Balaban J connectivity index is 1.31. The quantitative estimate of drug-likeness (QED) is 0.240. The Morgan fingerprint density at radius 1 is 1.08 bits per heavy atom. The van der Waals surface area contributed by atoms with Crippen molar-refractivity contribution >= 4 is 55.8 Å². The van der Waals surface area contributed by atoms with Crippen LogP contribution in [-0.2, 0) is 16.6 Å². The lowest BCUT2D eigenvalue weighted by molar-refractivity contribution is 0.581. The van der Waals surface area contributed by atoms with E-state index in [1.807, 2.05) is 35.6 Å². The number of fused-ring (bicyclic) bond motifs is 1. The van der Waals surface area contributed by atoms with Crippen LogP contribution in [0.1, 0.15) is 24.8 Å². The number of aromatic nitrogens is 4. The van der Waals surface area contributed by atoms with Gasteiger partial charge in [-0.25, -0.2) is 18.1 Å². The largest absolute Gasteiger partial charge is 0.340 e.